The van der Waals surface area contributed by atoms with Crippen molar-refractivity contribution in [3.63, 3.8) is 0 Å². The molecule has 0 saturated carbocycles. The number of nitrogens with one attached hydrogen (secondary N) is 2. The van der Waals surface area contributed by atoms with Gasteiger partial charge in [0.15, 0.2) is 17.0 Å². The van der Waals surface area contributed by atoms with E-state index in [2.05, 4.69) is 10.3 Å². The lowest BCUT2D eigenvalue weighted by Crippen LogP contribution is -2.55. The molecule has 3 heterocycles. The van der Waals surface area contributed by atoms with Crippen LogP contribution < -0.4 is 14.8 Å². The molecule has 2 aliphatic rings. The second-order valence-electron chi connectivity index (χ2n) is 7.72. The fraction of sp³-hybridized carbons (Fsp3) is 0.304. The fourth-order valence-electron chi connectivity index (χ4n) is 4.56. The first-order valence-corrected chi connectivity index (χ1v) is 10.7. The Labute approximate surface area is 189 Å². The number of hydrogen-bond acceptors (Lipinski definition) is 6. The number of H-pyrrole nitrogens is 1. The summed E-state index contributed by atoms with van der Waals surface area (Å²) in [7, 11) is 2.91. The summed E-state index contributed by atoms with van der Waals surface area (Å²) in [6.07, 6.45) is 0.312. The first-order chi connectivity index (χ1) is 15.5. The van der Waals surface area contributed by atoms with Crippen LogP contribution in [0.3, 0.4) is 0 Å². The molecule has 0 saturated heterocycles. The molecule has 0 aliphatic carbocycles. The molecule has 1 unspecified atom stereocenters. The number of benzene rings is 2. The molecule has 5 rings (SSSR count). The van der Waals surface area contributed by atoms with Crippen molar-refractivity contribution in [2.24, 2.45) is 0 Å². The Kier molecular flexibility index (Phi) is 5.19. The maximum Gasteiger partial charge on any atom is 0.328 e. The highest BCUT2D eigenvalue weighted by molar-refractivity contribution is 6.30. The Morgan fingerprint density at radius 3 is 2.78 bits per heavy atom. The zero-order chi connectivity index (χ0) is 22.4. The van der Waals surface area contributed by atoms with Gasteiger partial charge in [0.2, 0.25) is 6.79 Å². The number of aromatic amines is 1. The zero-order valence-corrected chi connectivity index (χ0v) is 18.3. The third kappa shape index (κ3) is 3.18. The zero-order valence-electron chi connectivity index (χ0n) is 17.6. The molecule has 2 aliphatic heterocycles. The molecular weight excluding hydrogens is 434 g/mol. The maximum atomic E-state index is 13.5. The smallest absolute Gasteiger partial charge is 0.328 e. The van der Waals surface area contributed by atoms with Gasteiger partial charge in [-0.05, 0) is 36.4 Å². The van der Waals surface area contributed by atoms with Crippen LogP contribution in [0.4, 0.5) is 0 Å². The lowest BCUT2D eigenvalue weighted by atomic mass is 9.87. The van der Waals surface area contributed by atoms with Crippen LogP contribution in [0.2, 0.25) is 0 Å². The van der Waals surface area contributed by atoms with Crippen LogP contribution in [0.1, 0.15) is 22.9 Å². The normalized spacial score (nSPS) is 20.2. The van der Waals surface area contributed by atoms with Crippen molar-refractivity contribution in [1.82, 2.24) is 15.2 Å². The first kappa shape index (κ1) is 20.7. The lowest BCUT2D eigenvalue weighted by Gasteiger charge is -2.41. The van der Waals surface area contributed by atoms with Crippen LogP contribution >= 0.6 is 11.6 Å². The lowest BCUT2D eigenvalue weighted by molar-refractivity contribution is -0.155. The molecule has 1 aromatic heterocycles. The van der Waals surface area contributed by atoms with Crippen molar-refractivity contribution in [1.29, 1.82) is 0 Å². The van der Waals surface area contributed by atoms with Gasteiger partial charge in [0, 0.05) is 23.0 Å². The van der Waals surface area contributed by atoms with Gasteiger partial charge in [0.05, 0.1) is 13.2 Å². The minimum absolute atomic E-state index is 0.137. The standard InChI is InChI=1S/C23H22ClN3O5/c1-25-21(24)22(28)27-16(23(29)30-2)10-14-13-5-3-4-6-15(13)26-19(14)20(27)12-7-8-17-18(9-12)32-11-31-17/h3-9,16,20-21,25-26H,10-11H2,1-2H3/t16-,20-,21?/m1/s1. The summed E-state index contributed by atoms with van der Waals surface area (Å²) in [4.78, 5) is 31.3. The molecule has 0 spiro atoms. The van der Waals surface area contributed by atoms with E-state index in [9.17, 15) is 9.59 Å². The van der Waals surface area contributed by atoms with Crippen LogP contribution in [0.5, 0.6) is 11.5 Å². The Balaban J connectivity index is 1.75. The number of alkyl halides is 1. The van der Waals surface area contributed by atoms with Crippen molar-refractivity contribution in [3.05, 3.63) is 59.3 Å². The SMILES string of the molecule is CNC(Cl)C(=O)N1[C@H](c2ccc3c(c2)OCO3)c2[nH]c3ccccc3c2C[C@@H]1C(=O)OC. The Hall–Kier alpha value is -3.23. The molecule has 3 aromatic rings. The average Bonchev–Trinajstić information content (AvgIpc) is 3.45. The van der Waals surface area contributed by atoms with Gasteiger partial charge in [-0.2, -0.15) is 0 Å². The van der Waals surface area contributed by atoms with Crippen molar-refractivity contribution >= 4 is 34.4 Å². The summed E-state index contributed by atoms with van der Waals surface area (Å²) >= 11 is 6.31. The van der Waals surface area contributed by atoms with Crippen LogP contribution in [0.25, 0.3) is 10.9 Å². The number of nitrogens with zero attached hydrogens (tertiary/aromatic N) is 1. The second kappa shape index (κ2) is 8.03. The minimum atomic E-state index is -1.01. The number of rotatable bonds is 4. The number of para-hydroxylation sites is 1. The monoisotopic (exact) mass is 455 g/mol. The van der Waals surface area contributed by atoms with E-state index in [0.717, 1.165) is 27.7 Å². The molecule has 0 fully saturated rings. The molecule has 0 radical (unpaired) electrons. The number of methoxy groups -OCH3 is 1. The Bertz CT molecular complexity index is 1210. The van der Waals surface area contributed by atoms with Gasteiger partial charge in [-0.15, -0.1) is 0 Å². The summed E-state index contributed by atoms with van der Waals surface area (Å²) in [5, 5.41) is 3.78. The van der Waals surface area contributed by atoms with Gasteiger partial charge in [-0.25, -0.2) is 4.79 Å². The number of fused-ring (bicyclic) bond motifs is 4. The molecule has 8 nitrogen and oxygen atoms in total. The highest BCUT2D eigenvalue weighted by atomic mass is 35.5. The molecule has 3 atom stereocenters. The van der Waals surface area contributed by atoms with Gasteiger partial charge < -0.3 is 24.1 Å². The largest absolute Gasteiger partial charge is 0.467 e. The van der Waals surface area contributed by atoms with E-state index < -0.39 is 29.5 Å². The number of halogens is 1. The van der Waals surface area contributed by atoms with Gasteiger partial charge >= 0.3 is 5.97 Å². The van der Waals surface area contributed by atoms with E-state index >= 15 is 0 Å². The van der Waals surface area contributed by atoms with E-state index in [4.69, 9.17) is 25.8 Å². The molecule has 0 bridgehead atoms. The van der Waals surface area contributed by atoms with E-state index in [1.807, 2.05) is 36.4 Å². The molecule has 1 amide bonds. The van der Waals surface area contributed by atoms with Crippen molar-refractivity contribution < 1.29 is 23.8 Å². The second-order valence-corrected chi connectivity index (χ2v) is 8.15. The van der Waals surface area contributed by atoms with Crippen LogP contribution in [-0.2, 0) is 20.7 Å². The number of ether oxygens (including phenoxy) is 3. The van der Waals surface area contributed by atoms with Crippen LogP contribution in [0.15, 0.2) is 42.5 Å². The summed E-state index contributed by atoms with van der Waals surface area (Å²) in [5.41, 5.74) is 2.49. The van der Waals surface area contributed by atoms with Gasteiger partial charge in [0.1, 0.15) is 6.04 Å². The summed E-state index contributed by atoms with van der Waals surface area (Å²) in [6.45, 7) is 0.137. The van der Waals surface area contributed by atoms with Gasteiger partial charge in [0.25, 0.3) is 5.91 Å². The fourth-order valence-corrected chi connectivity index (χ4v) is 4.68. The predicted octanol–water partition coefficient (Wildman–Crippen LogP) is 2.70. The van der Waals surface area contributed by atoms with Gasteiger partial charge in [-0.3, -0.25) is 10.1 Å². The number of hydrogen-bond donors (Lipinski definition) is 2. The maximum absolute atomic E-state index is 13.5. The highest BCUT2D eigenvalue weighted by Gasteiger charge is 2.45. The number of carbonyl (C=O) groups excluding carboxylic acids is 2. The number of esters is 1. The molecule has 2 N–H and O–H groups in total. The number of likely N-dealkylation sites (N-methyl/N-ethyl adjacent to an activating group) is 1. The minimum Gasteiger partial charge on any atom is -0.467 e. The molecule has 9 heteroatoms. The third-order valence-electron chi connectivity index (χ3n) is 6.04. The average molecular weight is 456 g/mol. The predicted molar refractivity (Wildman–Crippen MR) is 118 cm³/mol. The van der Waals surface area contributed by atoms with Crippen molar-refractivity contribution in [2.75, 3.05) is 21.0 Å². The van der Waals surface area contributed by atoms with E-state index in [-0.39, 0.29) is 6.79 Å². The first-order valence-electron chi connectivity index (χ1n) is 10.2. The van der Waals surface area contributed by atoms with Crippen LogP contribution in [-0.4, -0.2) is 54.3 Å². The highest BCUT2D eigenvalue weighted by Crippen LogP contribution is 2.44. The Morgan fingerprint density at radius 2 is 2.00 bits per heavy atom. The number of aromatic nitrogens is 1. The van der Waals surface area contributed by atoms with Crippen molar-refractivity contribution in [2.45, 2.75) is 24.0 Å². The summed E-state index contributed by atoms with van der Waals surface area (Å²) in [5.74, 6) is 0.301. The summed E-state index contributed by atoms with van der Waals surface area (Å²) < 4.78 is 16.1. The van der Waals surface area contributed by atoms with Crippen molar-refractivity contribution in [3.8, 4) is 11.5 Å². The third-order valence-corrected chi connectivity index (χ3v) is 6.45. The van der Waals surface area contributed by atoms with E-state index in [1.165, 1.54) is 12.0 Å². The Morgan fingerprint density at radius 1 is 1.22 bits per heavy atom. The quantitative estimate of drug-likeness (QED) is 0.357. The molecule has 2 aromatic carbocycles. The van der Waals surface area contributed by atoms with Gasteiger partial charge in [-0.1, -0.05) is 35.9 Å². The molecule has 32 heavy (non-hydrogen) atoms. The van der Waals surface area contributed by atoms with E-state index in [1.54, 1.807) is 13.1 Å². The molecular formula is C23H22ClN3O5. The topological polar surface area (TPSA) is 92.9 Å². The number of carbonyl (C=O) groups is 2. The summed E-state index contributed by atoms with van der Waals surface area (Å²) in [6, 6.07) is 11.9. The number of amides is 1. The van der Waals surface area contributed by atoms with Crippen LogP contribution in [0, 0.1) is 0 Å². The molecule has 166 valence electrons. The van der Waals surface area contributed by atoms with E-state index in [0.29, 0.717) is 17.9 Å².